The number of benzene rings is 2. The number of hydrogen-bond donors (Lipinski definition) is 1. The number of ether oxygens (including phenoxy) is 1. The molecule has 4 aromatic rings. The third-order valence-corrected chi connectivity index (χ3v) is 6.12. The third-order valence-electron chi connectivity index (χ3n) is 6.12. The molecule has 1 saturated heterocycles. The number of carbonyl (C=O) groups excluding carboxylic acids is 1. The van der Waals surface area contributed by atoms with Gasteiger partial charge >= 0.3 is 0 Å². The van der Waals surface area contributed by atoms with Crippen LogP contribution in [0.1, 0.15) is 24.5 Å². The molecule has 1 fully saturated rings. The number of fused-ring (bicyclic) bond motifs is 2. The molecule has 1 aliphatic rings. The minimum atomic E-state index is 0.188. The maximum atomic E-state index is 12.9. The van der Waals surface area contributed by atoms with E-state index in [9.17, 15) is 4.79 Å². The van der Waals surface area contributed by atoms with Crippen LogP contribution in [0.5, 0.6) is 5.75 Å². The lowest BCUT2D eigenvalue weighted by molar-refractivity contribution is -0.132. The highest BCUT2D eigenvalue weighted by molar-refractivity contribution is 5.84. The number of amides is 1. The van der Waals surface area contributed by atoms with E-state index < -0.39 is 0 Å². The number of piperidine rings is 1. The number of rotatable bonds is 4. The summed E-state index contributed by atoms with van der Waals surface area (Å²) < 4.78 is 7.32. The van der Waals surface area contributed by atoms with Crippen LogP contribution in [-0.2, 0) is 11.3 Å². The van der Waals surface area contributed by atoms with Crippen LogP contribution in [-0.4, -0.2) is 40.6 Å². The fourth-order valence-electron chi connectivity index (χ4n) is 4.44. The summed E-state index contributed by atoms with van der Waals surface area (Å²) >= 11 is 0. The smallest absolute Gasteiger partial charge is 0.242 e. The van der Waals surface area contributed by atoms with Crippen molar-refractivity contribution in [1.29, 1.82) is 0 Å². The Morgan fingerprint density at radius 2 is 1.90 bits per heavy atom. The van der Waals surface area contributed by atoms with Crippen molar-refractivity contribution >= 4 is 27.7 Å². The van der Waals surface area contributed by atoms with Crippen molar-refractivity contribution in [3.63, 3.8) is 0 Å². The molecule has 1 amide bonds. The number of nitrogens with zero attached hydrogens (tertiary/aromatic N) is 2. The van der Waals surface area contributed by atoms with Gasteiger partial charge in [-0.05, 0) is 54.6 Å². The molecule has 2 aromatic heterocycles. The number of para-hydroxylation sites is 1. The van der Waals surface area contributed by atoms with Crippen molar-refractivity contribution in [2.24, 2.45) is 0 Å². The van der Waals surface area contributed by atoms with Gasteiger partial charge in [-0.3, -0.25) is 4.79 Å². The molecule has 0 bridgehead atoms. The van der Waals surface area contributed by atoms with Gasteiger partial charge in [0.1, 0.15) is 12.3 Å². The molecule has 1 N–H and O–H groups in total. The molecule has 0 unspecified atom stereocenters. The van der Waals surface area contributed by atoms with E-state index in [0.717, 1.165) is 42.6 Å². The van der Waals surface area contributed by atoms with Gasteiger partial charge in [-0.1, -0.05) is 18.2 Å². The second-order valence-corrected chi connectivity index (χ2v) is 7.84. The van der Waals surface area contributed by atoms with Crippen molar-refractivity contribution < 1.29 is 9.53 Å². The fraction of sp³-hybridized carbons (Fsp3) is 0.292. The number of nitrogens with one attached hydrogen (secondary N) is 1. The van der Waals surface area contributed by atoms with Gasteiger partial charge in [-0.25, -0.2) is 0 Å². The molecule has 29 heavy (non-hydrogen) atoms. The molecular formula is C24H25N3O2. The fourth-order valence-corrected chi connectivity index (χ4v) is 4.44. The summed E-state index contributed by atoms with van der Waals surface area (Å²) in [6, 6.07) is 18.7. The normalized spacial score (nSPS) is 15.3. The zero-order valence-corrected chi connectivity index (χ0v) is 16.6. The zero-order chi connectivity index (χ0) is 19.8. The van der Waals surface area contributed by atoms with Gasteiger partial charge in [-0.2, -0.15) is 0 Å². The highest BCUT2D eigenvalue weighted by Crippen LogP contribution is 2.30. The molecule has 0 radical (unpaired) electrons. The molecule has 3 heterocycles. The Morgan fingerprint density at radius 3 is 2.69 bits per heavy atom. The third kappa shape index (κ3) is 3.37. The van der Waals surface area contributed by atoms with Crippen LogP contribution < -0.4 is 4.74 Å². The van der Waals surface area contributed by atoms with Gasteiger partial charge in [0.05, 0.1) is 7.11 Å². The minimum Gasteiger partial charge on any atom is -0.497 e. The summed E-state index contributed by atoms with van der Waals surface area (Å²) in [5, 5.41) is 2.35. The van der Waals surface area contributed by atoms with E-state index >= 15 is 0 Å². The molecule has 0 saturated carbocycles. The first kappa shape index (κ1) is 17.9. The van der Waals surface area contributed by atoms with Crippen LogP contribution in [0, 0.1) is 0 Å². The van der Waals surface area contributed by atoms with Crippen LogP contribution in [0.25, 0.3) is 21.8 Å². The predicted octanol–water partition coefficient (Wildman–Crippen LogP) is 4.54. The first-order chi connectivity index (χ1) is 14.2. The second kappa shape index (κ2) is 7.32. The number of carbonyl (C=O) groups is 1. The SMILES string of the molecule is COc1ccc2c(ccn2CC(=O)N2CCC(c3cc4ccccc4[nH]3)CC2)c1. The Labute approximate surface area is 169 Å². The quantitative estimate of drug-likeness (QED) is 0.559. The van der Waals surface area contributed by atoms with Crippen LogP contribution in [0.15, 0.2) is 60.8 Å². The summed E-state index contributed by atoms with van der Waals surface area (Å²) in [7, 11) is 1.67. The molecule has 5 heteroatoms. The van der Waals surface area contributed by atoms with Crippen LogP contribution in [0.4, 0.5) is 0 Å². The molecule has 0 spiro atoms. The Morgan fingerprint density at radius 1 is 1.07 bits per heavy atom. The maximum Gasteiger partial charge on any atom is 0.242 e. The summed E-state index contributed by atoms with van der Waals surface area (Å²) in [6.07, 6.45) is 3.99. The van der Waals surface area contributed by atoms with E-state index in [1.165, 1.54) is 16.6 Å². The summed E-state index contributed by atoms with van der Waals surface area (Å²) in [5.41, 5.74) is 3.55. The minimum absolute atomic E-state index is 0.188. The number of likely N-dealkylation sites (tertiary alicyclic amines) is 1. The highest BCUT2D eigenvalue weighted by atomic mass is 16.5. The zero-order valence-electron chi connectivity index (χ0n) is 16.6. The van der Waals surface area contributed by atoms with Gasteiger partial charge in [0.15, 0.2) is 0 Å². The van der Waals surface area contributed by atoms with Crippen LogP contribution in [0.3, 0.4) is 0 Å². The lowest BCUT2D eigenvalue weighted by atomic mass is 9.93. The number of aromatic nitrogens is 2. The Hall–Kier alpha value is -3.21. The molecule has 5 nitrogen and oxygen atoms in total. The van der Waals surface area contributed by atoms with Gasteiger partial charge in [0.25, 0.3) is 0 Å². The van der Waals surface area contributed by atoms with Crippen molar-refractivity contribution in [3.05, 3.63) is 66.5 Å². The lowest BCUT2D eigenvalue weighted by Crippen LogP contribution is -2.39. The van der Waals surface area contributed by atoms with E-state index in [-0.39, 0.29) is 5.91 Å². The van der Waals surface area contributed by atoms with Crippen molar-refractivity contribution in [1.82, 2.24) is 14.5 Å². The van der Waals surface area contributed by atoms with Gasteiger partial charge < -0.3 is 19.2 Å². The highest BCUT2D eigenvalue weighted by Gasteiger charge is 2.25. The maximum absolute atomic E-state index is 12.9. The van der Waals surface area contributed by atoms with Gasteiger partial charge in [0.2, 0.25) is 5.91 Å². The number of H-pyrrole nitrogens is 1. The second-order valence-electron chi connectivity index (χ2n) is 7.84. The first-order valence-corrected chi connectivity index (χ1v) is 10.2. The average molecular weight is 387 g/mol. The Bertz CT molecular complexity index is 1130. The summed E-state index contributed by atoms with van der Waals surface area (Å²) in [6.45, 7) is 2.00. The molecule has 0 atom stereocenters. The van der Waals surface area contributed by atoms with Crippen LogP contribution >= 0.6 is 0 Å². The van der Waals surface area contributed by atoms with Crippen molar-refractivity contribution in [3.8, 4) is 5.75 Å². The average Bonchev–Trinajstić information content (AvgIpc) is 3.37. The summed E-state index contributed by atoms with van der Waals surface area (Å²) in [4.78, 5) is 18.5. The van der Waals surface area contributed by atoms with Crippen LogP contribution in [0.2, 0.25) is 0 Å². The lowest BCUT2D eigenvalue weighted by Gasteiger charge is -2.32. The van der Waals surface area contributed by atoms with E-state index in [4.69, 9.17) is 4.74 Å². The van der Waals surface area contributed by atoms with E-state index in [2.05, 4.69) is 35.3 Å². The molecule has 5 rings (SSSR count). The van der Waals surface area contributed by atoms with Gasteiger partial charge in [-0.15, -0.1) is 0 Å². The predicted molar refractivity (Wildman–Crippen MR) is 115 cm³/mol. The van der Waals surface area contributed by atoms with E-state index in [1.54, 1.807) is 7.11 Å². The Kier molecular flexibility index (Phi) is 4.51. The topological polar surface area (TPSA) is 50.3 Å². The number of hydrogen-bond acceptors (Lipinski definition) is 2. The standard InChI is InChI=1S/C24H25N3O2/c1-29-20-6-7-23-19(14-20)10-13-27(23)16-24(28)26-11-8-17(9-12-26)22-15-18-4-2-3-5-21(18)25-22/h2-7,10,13-15,17,25H,8-9,11-12,16H2,1H3. The number of methoxy groups -OCH3 is 1. The number of aromatic amines is 1. The van der Waals surface area contributed by atoms with E-state index in [0.29, 0.717) is 12.5 Å². The molecule has 148 valence electrons. The summed E-state index contributed by atoms with van der Waals surface area (Å²) in [5.74, 6) is 1.51. The Balaban J connectivity index is 1.24. The molecule has 2 aromatic carbocycles. The molecule has 1 aliphatic heterocycles. The largest absolute Gasteiger partial charge is 0.497 e. The van der Waals surface area contributed by atoms with E-state index in [1.807, 2.05) is 39.9 Å². The van der Waals surface area contributed by atoms with Crippen molar-refractivity contribution in [2.75, 3.05) is 20.2 Å². The monoisotopic (exact) mass is 387 g/mol. The molecular weight excluding hydrogens is 362 g/mol. The van der Waals surface area contributed by atoms with Gasteiger partial charge in [0, 0.05) is 47.3 Å². The first-order valence-electron chi connectivity index (χ1n) is 10.2. The van der Waals surface area contributed by atoms with Crippen molar-refractivity contribution in [2.45, 2.75) is 25.3 Å². The molecule has 0 aliphatic carbocycles.